The van der Waals surface area contributed by atoms with E-state index in [2.05, 4.69) is 0 Å². The van der Waals surface area contributed by atoms with Crippen molar-refractivity contribution in [1.82, 2.24) is 9.80 Å². The first-order valence-corrected chi connectivity index (χ1v) is 8.22. The van der Waals surface area contributed by atoms with Crippen LogP contribution in [0.15, 0.2) is 42.5 Å². The molecule has 25 heavy (non-hydrogen) atoms. The third-order valence-electron chi connectivity index (χ3n) is 4.24. The van der Waals surface area contributed by atoms with E-state index in [0.717, 1.165) is 27.0 Å². The predicted molar refractivity (Wildman–Crippen MR) is 92.0 cm³/mol. The summed E-state index contributed by atoms with van der Waals surface area (Å²) < 4.78 is 0. The molecule has 4 amide bonds. The zero-order chi connectivity index (χ0) is 18.0. The number of benzene rings is 2. The minimum atomic E-state index is -0.935. The van der Waals surface area contributed by atoms with E-state index >= 15 is 0 Å². The van der Waals surface area contributed by atoms with Crippen molar-refractivity contribution in [2.45, 2.75) is 19.8 Å². The van der Waals surface area contributed by atoms with Gasteiger partial charge in [0.05, 0.1) is 6.54 Å². The predicted octanol–water partition coefficient (Wildman–Crippen LogP) is 2.61. The van der Waals surface area contributed by atoms with Crippen molar-refractivity contribution in [1.29, 1.82) is 0 Å². The number of unbranched alkanes of at least 4 members (excludes halogenated alkanes) is 1. The third kappa shape index (κ3) is 3.15. The van der Waals surface area contributed by atoms with Crippen molar-refractivity contribution in [3.05, 3.63) is 48.0 Å². The van der Waals surface area contributed by atoms with E-state index in [-0.39, 0.29) is 12.3 Å². The standard InChI is InChI=1S/C19H18N2O4/c1-2-3-10-20-17(23)18(24)21(19(20)25)12-16(22)15-9-8-13-6-4-5-7-14(13)11-15/h4-9,11H,2-3,10,12H2,1H3. The Balaban J connectivity index is 1.78. The first kappa shape index (κ1) is 16.8. The van der Waals surface area contributed by atoms with Crippen LogP contribution in [0.2, 0.25) is 0 Å². The van der Waals surface area contributed by atoms with Crippen LogP contribution in [0.3, 0.4) is 0 Å². The van der Waals surface area contributed by atoms with Gasteiger partial charge in [-0.1, -0.05) is 49.7 Å². The Bertz CT molecular complexity index is 875. The minimum Gasteiger partial charge on any atom is -0.292 e. The number of urea groups is 1. The van der Waals surface area contributed by atoms with Crippen LogP contribution in [0.1, 0.15) is 30.1 Å². The second-order valence-electron chi connectivity index (χ2n) is 5.97. The molecule has 2 aromatic rings. The summed E-state index contributed by atoms with van der Waals surface area (Å²) in [6, 6.07) is 12.1. The molecule has 1 heterocycles. The highest BCUT2D eigenvalue weighted by Gasteiger charge is 2.44. The van der Waals surface area contributed by atoms with Crippen LogP contribution >= 0.6 is 0 Å². The lowest BCUT2D eigenvalue weighted by atomic mass is 10.0. The van der Waals surface area contributed by atoms with Crippen molar-refractivity contribution >= 4 is 34.4 Å². The molecular formula is C19H18N2O4. The van der Waals surface area contributed by atoms with E-state index in [1.54, 1.807) is 12.1 Å². The highest BCUT2D eigenvalue weighted by atomic mass is 16.2. The van der Waals surface area contributed by atoms with Crippen LogP contribution < -0.4 is 0 Å². The molecule has 1 saturated heterocycles. The van der Waals surface area contributed by atoms with E-state index in [9.17, 15) is 19.2 Å². The van der Waals surface area contributed by atoms with Crippen LogP contribution in [0.5, 0.6) is 0 Å². The van der Waals surface area contributed by atoms with Gasteiger partial charge < -0.3 is 0 Å². The summed E-state index contributed by atoms with van der Waals surface area (Å²) in [5, 5.41) is 1.89. The number of carbonyl (C=O) groups excluding carboxylic acids is 4. The Morgan fingerprint density at radius 3 is 2.32 bits per heavy atom. The van der Waals surface area contributed by atoms with Crippen LogP contribution in [0.4, 0.5) is 4.79 Å². The van der Waals surface area contributed by atoms with Crippen molar-refractivity contribution in [2.75, 3.05) is 13.1 Å². The zero-order valence-corrected chi connectivity index (χ0v) is 13.9. The number of imide groups is 2. The van der Waals surface area contributed by atoms with E-state index in [1.165, 1.54) is 0 Å². The number of carbonyl (C=O) groups is 4. The number of fused-ring (bicyclic) bond motifs is 1. The summed E-state index contributed by atoms with van der Waals surface area (Å²) in [7, 11) is 0. The molecule has 0 atom stereocenters. The van der Waals surface area contributed by atoms with Gasteiger partial charge in [-0.2, -0.15) is 0 Å². The van der Waals surface area contributed by atoms with Gasteiger partial charge in [-0.3, -0.25) is 19.3 Å². The Hall–Kier alpha value is -3.02. The molecule has 0 radical (unpaired) electrons. The lowest BCUT2D eigenvalue weighted by molar-refractivity contribution is -0.143. The maximum absolute atomic E-state index is 12.5. The fourth-order valence-corrected chi connectivity index (χ4v) is 2.80. The second kappa shape index (κ2) is 6.84. The average Bonchev–Trinajstić information content (AvgIpc) is 2.83. The lowest BCUT2D eigenvalue weighted by Gasteiger charge is -2.14. The molecule has 1 aliphatic rings. The molecule has 0 saturated carbocycles. The summed E-state index contributed by atoms with van der Waals surface area (Å²) in [4.78, 5) is 50.4. The molecule has 2 aromatic carbocycles. The highest BCUT2D eigenvalue weighted by molar-refractivity contribution is 6.45. The van der Waals surface area contributed by atoms with Gasteiger partial charge in [0.1, 0.15) is 0 Å². The van der Waals surface area contributed by atoms with Crippen molar-refractivity contribution in [3.8, 4) is 0 Å². The fourth-order valence-electron chi connectivity index (χ4n) is 2.80. The molecule has 0 aliphatic carbocycles. The molecule has 128 valence electrons. The SMILES string of the molecule is CCCCN1C(=O)C(=O)N(CC(=O)c2ccc3ccccc3c2)C1=O. The molecule has 0 unspecified atom stereocenters. The molecule has 6 nitrogen and oxygen atoms in total. The normalized spacial score (nSPS) is 14.7. The number of nitrogens with zero attached hydrogens (tertiary/aromatic N) is 2. The molecule has 1 fully saturated rings. The van der Waals surface area contributed by atoms with Gasteiger partial charge in [0, 0.05) is 12.1 Å². The van der Waals surface area contributed by atoms with Gasteiger partial charge in [-0.25, -0.2) is 9.69 Å². The molecule has 6 heteroatoms. The van der Waals surface area contributed by atoms with Gasteiger partial charge in [-0.15, -0.1) is 0 Å². The highest BCUT2D eigenvalue weighted by Crippen LogP contribution is 2.18. The molecule has 1 aliphatic heterocycles. The molecule has 0 bridgehead atoms. The molecule has 0 N–H and O–H groups in total. The number of amides is 4. The average molecular weight is 338 g/mol. The maximum atomic E-state index is 12.5. The third-order valence-corrected chi connectivity index (χ3v) is 4.24. The van der Waals surface area contributed by atoms with E-state index in [1.807, 2.05) is 37.3 Å². The second-order valence-corrected chi connectivity index (χ2v) is 5.97. The Morgan fingerprint density at radius 2 is 1.60 bits per heavy atom. The van der Waals surface area contributed by atoms with E-state index in [4.69, 9.17) is 0 Å². The molecule has 0 aromatic heterocycles. The van der Waals surface area contributed by atoms with E-state index < -0.39 is 24.4 Å². The number of hydrogen-bond donors (Lipinski definition) is 0. The molecular weight excluding hydrogens is 320 g/mol. The first-order chi connectivity index (χ1) is 12.0. The number of Topliss-reactive ketones (excluding diaryl/α,β-unsaturated/α-hetero) is 1. The van der Waals surface area contributed by atoms with Crippen molar-refractivity contribution in [3.63, 3.8) is 0 Å². The number of rotatable bonds is 6. The van der Waals surface area contributed by atoms with E-state index in [0.29, 0.717) is 12.0 Å². The van der Waals surface area contributed by atoms with Crippen LogP contribution in [-0.4, -0.2) is 46.5 Å². The van der Waals surface area contributed by atoms with Crippen LogP contribution in [0, 0.1) is 0 Å². The maximum Gasteiger partial charge on any atom is 0.334 e. The van der Waals surface area contributed by atoms with Crippen molar-refractivity contribution in [2.24, 2.45) is 0 Å². The van der Waals surface area contributed by atoms with Gasteiger partial charge in [-0.05, 0) is 23.3 Å². The Kier molecular flexibility index (Phi) is 4.61. The first-order valence-electron chi connectivity index (χ1n) is 8.22. The van der Waals surface area contributed by atoms with Crippen LogP contribution in [-0.2, 0) is 9.59 Å². The number of ketones is 1. The summed E-state index contributed by atoms with van der Waals surface area (Å²) in [6.07, 6.45) is 1.42. The van der Waals surface area contributed by atoms with Crippen molar-refractivity contribution < 1.29 is 19.2 Å². The Morgan fingerprint density at radius 1 is 0.920 bits per heavy atom. The number of hydrogen-bond acceptors (Lipinski definition) is 4. The van der Waals surface area contributed by atoms with Gasteiger partial charge in [0.25, 0.3) is 0 Å². The molecule has 3 rings (SSSR count). The zero-order valence-electron chi connectivity index (χ0n) is 13.9. The van der Waals surface area contributed by atoms with Gasteiger partial charge in [0.15, 0.2) is 5.78 Å². The van der Waals surface area contributed by atoms with Crippen LogP contribution in [0.25, 0.3) is 10.8 Å². The Labute approximate surface area is 145 Å². The summed E-state index contributed by atoms with van der Waals surface area (Å²) in [5.74, 6) is -2.17. The smallest absolute Gasteiger partial charge is 0.292 e. The minimum absolute atomic E-state index is 0.195. The topological polar surface area (TPSA) is 74.8 Å². The summed E-state index contributed by atoms with van der Waals surface area (Å²) in [5.41, 5.74) is 0.402. The monoisotopic (exact) mass is 338 g/mol. The van der Waals surface area contributed by atoms with Gasteiger partial charge >= 0.3 is 17.8 Å². The molecule has 0 spiro atoms. The summed E-state index contributed by atoms with van der Waals surface area (Å²) >= 11 is 0. The quantitative estimate of drug-likeness (QED) is 0.461. The lowest BCUT2D eigenvalue weighted by Crippen LogP contribution is -2.37. The fraction of sp³-hybridized carbons (Fsp3) is 0.263. The largest absolute Gasteiger partial charge is 0.334 e. The summed E-state index contributed by atoms with van der Waals surface area (Å²) in [6.45, 7) is 1.69. The van der Waals surface area contributed by atoms with Gasteiger partial charge in [0.2, 0.25) is 0 Å².